The van der Waals surface area contributed by atoms with Crippen LogP contribution in [0.2, 0.25) is 0 Å². The molecular formula is C21H23F3N4O3. The molecule has 0 radical (unpaired) electrons. The highest BCUT2D eigenvalue weighted by molar-refractivity contribution is 5.73. The summed E-state index contributed by atoms with van der Waals surface area (Å²) in [7, 11) is 0. The van der Waals surface area contributed by atoms with Gasteiger partial charge in [0.05, 0.1) is 11.3 Å². The lowest BCUT2D eigenvalue weighted by Gasteiger charge is -2.41. The van der Waals surface area contributed by atoms with E-state index in [1.165, 1.54) is 11.0 Å². The van der Waals surface area contributed by atoms with Crippen molar-refractivity contribution >= 4 is 11.9 Å². The zero-order valence-electron chi connectivity index (χ0n) is 17.0. The lowest BCUT2D eigenvalue weighted by atomic mass is 9.94. The summed E-state index contributed by atoms with van der Waals surface area (Å²) in [5.41, 5.74) is 1.32. The van der Waals surface area contributed by atoms with E-state index in [2.05, 4.69) is 15.1 Å². The summed E-state index contributed by atoms with van der Waals surface area (Å²) < 4.78 is 38.8. The monoisotopic (exact) mass is 436 g/mol. The van der Waals surface area contributed by atoms with Gasteiger partial charge in [0, 0.05) is 36.8 Å². The van der Waals surface area contributed by atoms with Crippen molar-refractivity contribution in [3.05, 3.63) is 34.9 Å². The van der Waals surface area contributed by atoms with Crippen LogP contribution in [-0.2, 0) is 12.6 Å². The zero-order chi connectivity index (χ0) is 22.3. The summed E-state index contributed by atoms with van der Waals surface area (Å²) in [4.78, 5) is 14.9. The summed E-state index contributed by atoms with van der Waals surface area (Å²) in [6.45, 7) is 3.48. The van der Waals surface area contributed by atoms with Crippen molar-refractivity contribution in [2.45, 2.75) is 44.8 Å². The Morgan fingerprint density at radius 3 is 2.65 bits per heavy atom. The molecule has 1 aromatic heterocycles. The van der Waals surface area contributed by atoms with E-state index in [9.17, 15) is 28.2 Å². The van der Waals surface area contributed by atoms with E-state index in [0.717, 1.165) is 49.4 Å². The van der Waals surface area contributed by atoms with Crippen molar-refractivity contribution in [2.24, 2.45) is 0 Å². The van der Waals surface area contributed by atoms with Gasteiger partial charge in [0.15, 0.2) is 5.82 Å². The van der Waals surface area contributed by atoms with Crippen LogP contribution in [0.4, 0.5) is 23.8 Å². The van der Waals surface area contributed by atoms with Gasteiger partial charge >= 0.3 is 12.3 Å². The molecule has 1 saturated heterocycles. The van der Waals surface area contributed by atoms with Gasteiger partial charge in [-0.3, -0.25) is 0 Å². The van der Waals surface area contributed by atoms with Gasteiger partial charge < -0.3 is 20.0 Å². The molecule has 4 rings (SSSR count). The Morgan fingerprint density at radius 2 is 1.97 bits per heavy atom. The quantitative estimate of drug-likeness (QED) is 0.738. The molecule has 1 atom stereocenters. The maximum Gasteiger partial charge on any atom is 0.416 e. The van der Waals surface area contributed by atoms with Crippen LogP contribution < -0.4 is 4.90 Å². The molecule has 0 aliphatic carbocycles. The van der Waals surface area contributed by atoms with E-state index in [-0.39, 0.29) is 11.6 Å². The minimum Gasteiger partial charge on any atom is -0.507 e. The Morgan fingerprint density at radius 1 is 1.19 bits per heavy atom. The standard InChI is InChI=1S/C21H23F3N4O3/c1-12-15-5-3-9-28(14-4-2-8-27(11-14)20(30)31)19(15)26-25-18(12)16-7-6-13(10-17(16)29)21(22,23)24/h6-7,10,14,29H,2-5,8-9,11H2,1H3,(H,30,31)/t14-/m1/s1. The van der Waals surface area contributed by atoms with Gasteiger partial charge in [-0.25, -0.2) is 4.79 Å². The molecule has 10 heteroatoms. The van der Waals surface area contributed by atoms with E-state index in [1.807, 2.05) is 6.92 Å². The third-order valence-electron chi connectivity index (χ3n) is 6.11. The van der Waals surface area contributed by atoms with Crippen LogP contribution in [0.15, 0.2) is 18.2 Å². The van der Waals surface area contributed by atoms with Crippen LogP contribution in [0.25, 0.3) is 11.3 Å². The predicted molar refractivity (Wildman–Crippen MR) is 107 cm³/mol. The average molecular weight is 436 g/mol. The predicted octanol–water partition coefficient (Wildman–Crippen LogP) is 4.07. The lowest BCUT2D eigenvalue weighted by Crippen LogP contribution is -2.51. The number of hydrogen-bond donors (Lipinski definition) is 2. The maximum absolute atomic E-state index is 12.9. The van der Waals surface area contributed by atoms with E-state index in [4.69, 9.17) is 0 Å². The molecule has 1 aromatic carbocycles. The van der Waals surface area contributed by atoms with Gasteiger partial charge in [0.1, 0.15) is 5.75 Å². The highest BCUT2D eigenvalue weighted by Crippen LogP contribution is 2.39. The molecule has 0 bridgehead atoms. The van der Waals surface area contributed by atoms with E-state index in [0.29, 0.717) is 30.7 Å². The second-order valence-corrected chi connectivity index (χ2v) is 8.03. The number of carbonyl (C=O) groups is 1. The summed E-state index contributed by atoms with van der Waals surface area (Å²) in [5.74, 6) is 0.195. The molecule has 1 amide bonds. The van der Waals surface area contributed by atoms with Crippen molar-refractivity contribution in [2.75, 3.05) is 24.5 Å². The fourth-order valence-corrected chi connectivity index (χ4v) is 4.51. The SMILES string of the molecule is Cc1c(-c2ccc(C(F)(F)F)cc2O)nnc2c1CCCN2[C@@H]1CCCN(C(=O)O)C1. The summed E-state index contributed by atoms with van der Waals surface area (Å²) in [5, 5.41) is 28.2. The molecule has 166 valence electrons. The first-order valence-electron chi connectivity index (χ1n) is 10.2. The first-order chi connectivity index (χ1) is 14.7. The highest BCUT2D eigenvalue weighted by atomic mass is 19.4. The second kappa shape index (κ2) is 7.90. The number of likely N-dealkylation sites (tertiary alicyclic amines) is 1. The summed E-state index contributed by atoms with van der Waals surface area (Å²) in [6.07, 6.45) is -2.27. The van der Waals surface area contributed by atoms with Crippen LogP contribution >= 0.6 is 0 Å². The molecule has 1 fully saturated rings. The number of alkyl halides is 3. The average Bonchev–Trinajstić information content (AvgIpc) is 2.73. The van der Waals surface area contributed by atoms with Gasteiger partial charge in [-0.15, -0.1) is 10.2 Å². The van der Waals surface area contributed by atoms with Crippen LogP contribution in [-0.4, -0.2) is 57.1 Å². The molecule has 2 aliphatic heterocycles. The Hall–Kier alpha value is -3.04. The number of nitrogens with zero attached hydrogens (tertiary/aromatic N) is 4. The smallest absolute Gasteiger partial charge is 0.416 e. The number of carboxylic acid groups (broad SMARTS) is 1. The number of aromatic nitrogens is 2. The Labute approximate surface area is 177 Å². The van der Waals surface area contributed by atoms with Crippen molar-refractivity contribution in [1.82, 2.24) is 15.1 Å². The number of fused-ring (bicyclic) bond motifs is 1. The first kappa shape index (κ1) is 21.2. The number of piperidine rings is 1. The fraction of sp³-hybridized carbons (Fsp3) is 0.476. The van der Waals surface area contributed by atoms with Crippen LogP contribution in [0.3, 0.4) is 0 Å². The number of rotatable bonds is 2. The van der Waals surface area contributed by atoms with Crippen molar-refractivity contribution in [3.8, 4) is 17.0 Å². The van der Waals surface area contributed by atoms with Crippen molar-refractivity contribution < 1.29 is 28.2 Å². The van der Waals surface area contributed by atoms with Gasteiger partial charge in [0.25, 0.3) is 0 Å². The summed E-state index contributed by atoms with van der Waals surface area (Å²) in [6, 6.07) is 2.84. The highest BCUT2D eigenvalue weighted by Gasteiger charge is 2.34. The van der Waals surface area contributed by atoms with Gasteiger partial charge in [-0.05, 0) is 56.4 Å². The number of hydrogen-bond acceptors (Lipinski definition) is 5. The van der Waals surface area contributed by atoms with Crippen LogP contribution in [0, 0.1) is 6.92 Å². The van der Waals surface area contributed by atoms with Crippen LogP contribution in [0.1, 0.15) is 36.0 Å². The first-order valence-corrected chi connectivity index (χ1v) is 10.2. The molecule has 7 nitrogen and oxygen atoms in total. The van der Waals surface area contributed by atoms with E-state index in [1.54, 1.807) is 0 Å². The Balaban J connectivity index is 1.68. The number of phenols is 1. The molecule has 0 saturated carbocycles. The molecule has 2 aromatic rings. The number of anilines is 1. The zero-order valence-corrected chi connectivity index (χ0v) is 17.0. The van der Waals surface area contributed by atoms with Crippen LogP contribution in [0.5, 0.6) is 5.75 Å². The number of amides is 1. The van der Waals surface area contributed by atoms with Gasteiger partial charge in [-0.2, -0.15) is 13.2 Å². The third kappa shape index (κ3) is 3.98. The molecule has 31 heavy (non-hydrogen) atoms. The maximum atomic E-state index is 12.9. The minimum atomic E-state index is -4.54. The van der Waals surface area contributed by atoms with Gasteiger partial charge in [-0.1, -0.05) is 0 Å². The van der Waals surface area contributed by atoms with Gasteiger partial charge in [0.2, 0.25) is 0 Å². The number of aromatic hydroxyl groups is 1. The largest absolute Gasteiger partial charge is 0.507 e. The number of halogens is 3. The molecule has 2 N–H and O–H groups in total. The minimum absolute atomic E-state index is 0.00271. The molecular weight excluding hydrogens is 413 g/mol. The Bertz CT molecular complexity index is 1010. The molecule has 3 heterocycles. The topological polar surface area (TPSA) is 89.8 Å². The second-order valence-electron chi connectivity index (χ2n) is 8.03. The van der Waals surface area contributed by atoms with E-state index < -0.39 is 23.6 Å². The Kier molecular flexibility index (Phi) is 5.40. The normalized spacial score (nSPS) is 19.3. The number of benzene rings is 1. The van der Waals surface area contributed by atoms with E-state index >= 15 is 0 Å². The summed E-state index contributed by atoms with van der Waals surface area (Å²) >= 11 is 0. The fourth-order valence-electron chi connectivity index (χ4n) is 4.51. The van der Waals surface area contributed by atoms with Crippen molar-refractivity contribution in [1.29, 1.82) is 0 Å². The molecule has 2 aliphatic rings. The molecule has 0 spiro atoms. The third-order valence-corrected chi connectivity index (χ3v) is 6.11. The van der Waals surface area contributed by atoms with Crippen molar-refractivity contribution in [3.63, 3.8) is 0 Å². The molecule has 0 unspecified atom stereocenters. The lowest BCUT2D eigenvalue weighted by molar-refractivity contribution is -0.137. The number of phenolic OH excluding ortho intramolecular Hbond substituents is 1.